The summed E-state index contributed by atoms with van der Waals surface area (Å²) >= 11 is 0. The molecule has 0 radical (unpaired) electrons. The normalized spacial score (nSPS) is 12.3. The molecule has 1 aromatic heterocycles. The molecule has 0 saturated carbocycles. The van der Waals surface area contributed by atoms with Gasteiger partial charge in [0.15, 0.2) is 5.78 Å². The summed E-state index contributed by atoms with van der Waals surface area (Å²) in [5, 5.41) is 3.70. The molecule has 0 amide bonds. The predicted molar refractivity (Wildman–Crippen MR) is 103 cm³/mol. The molecule has 3 aromatic rings. The summed E-state index contributed by atoms with van der Waals surface area (Å²) in [4.78, 5) is 27.3. The fourth-order valence-corrected chi connectivity index (χ4v) is 3.11. The van der Waals surface area contributed by atoms with Crippen LogP contribution in [-0.2, 0) is 4.74 Å². The summed E-state index contributed by atoms with van der Waals surface area (Å²) < 4.78 is 34.3. The highest BCUT2D eigenvalue weighted by molar-refractivity contribution is 6.16. The number of methoxy groups -OCH3 is 1. The topological polar surface area (TPSA) is 71.2 Å². The number of benzene rings is 2. The maximum atomic E-state index is 14.7. The summed E-state index contributed by atoms with van der Waals surface area (Å²) in [6, 6.07) is 8.03. The van der Waals surface area contributed by atoms with Gasteiger partial charge in [0.1, 0.15) is 11.6 Å². The van der Waals surface area contributed by atoms with Gasteiger partial charge >= 0.3 is 0 Å². The Balaban J connectivity index is 2.00. The summed E-state index contributed by atoms with van der Waals surface area (Å²) in [6.45, 7) is 2.75. The second-order valence-electron chi connectivity index (χ2n) is 6.43. The number of carbonyl (C=O) groups is 1. The van der Waals surface area contributed by atoms with E-state index in [-0.39, 0.29) is 22.6 Å². The second-order valence-corrected chi connectivity index (χ2v) is 6.43. The molecule has 0 unspecified atom stereocenters. The Hall–Kier alpha value is -2.90. The minimum absolute atomic E-state index is 0.0698. The quantitative estimate of drug-likeness (QED) is 0.483. The molecule has 5 nitrogen and oxygen atoms in total. The molecule has 0 saturated heterocycles. The largest absolute Gasteiger partial charge is 0.383 e. The number of carbonyl (C=O) groups excluding carboxylic acids is 1. The molecular formula is C21H20F2N2O3. The molecule has 1 atom stereocenters. The highest BCUT2D eigenvalue weighted by Crippen LogP contribution is 2.25. The van der Waals surface area contributed by atoms with Gasteiger partial charge in [0, 0.05) is 36.8 Å². The number of fused-ring (bicyclic) bond motifs is 1. The smallest absolute Gasteiger partial charge is 0.255 e. The predicted octanol–water partition coefficient (Wildman–Crippen LogP) is 3.33. The Bertz CT molecular complexity index is 1060. The van der Waals surface area contributed by atoms with Crippen molar-refractivity contribution in [2.24, 2.45) is 0 Å². The van der Waals surface area contributed by atoms with Crippen molar-refractivity contribution in [2.75, 3.05) is 20.3 Å². The van der Waals surface area contributed by atoms with Crippen LogP contribution < -0.4 is 10.9 Å². The molecule has 0 fully saturated rings. The molecule has 2 aromatic carbocycles. The van der Waals surface area contributed by atoms with Gasteiger partial charge in [-0.15, -0.1) is 0 Å². The van der Waals surface area contributed by atoms with Gasteiger partial charge in [-0.3, -0.25) is 9.59 Å². The van der Waals surface area contributed by atoms with Gasteiger partial charge in [0.05, 0.1) is 12.2 Å². The van der Waals surface area contributed by atoms with Crippen LogP contribution in [0.3, 0.4) is 0 Å². The molecule has 0 bridgehead atoms. The number of ketones is 1. The number of halogens is 2. The number of aromatic nitrogens is 1. The molecule has 2 N–H and O–H groups in total. The number of aromatic amines is 1. The number of hydrogen-bond acceptors (Lipinski definition) is 4. The van der Waals surface area contributed by atoms with E-state index in [1.165, 1.54) is 24.4 Å². The summed E-state index contributed by atoms with van der Waals surface area (Å²) in [6.07, 6.45) is 1.39. The molecule has 0 spiro atoms. The minimum Gasteiger partial charge on any atom is -0.383 e. The first kappa shape index (κ1) is 19.9. The molecule has 0 aliphatic rings. The average molecular weight is 386 g/mol. The molecule has 28 heavy (non-hydrogen) atoms. The first-order valence-electron chi connectivity index (χ1n) is 8.80. The van der Waals surface area contributed by atoms with Crippen LogP contribution in [0, 0.1) is 11.6 Å². The number of H-pyrrole nitrogens is 1. The lowest BCUT2D eigenvalue weighted by molar-refractivity contribution is 0.103. The third kappa shape index (κ3) is 3.85. The van der Waals surface area contributed by atoms with Crippen molar-refractivity contribution >= 4 is 16.6 Å². The van der Waals surface area contributed by atoms with Gasteiger partial charge in [0.25, 0.3) is 5.56 Å². The molecule has 0 aliphatic heterocycles. The molecule has 3 rings (SSSR count). The number of pyridine rings is 1. The zero-order valence-corrected chi connectivity index (χ0v) is 15.5. The zero-order chi connectivity index (χ0) is 20.3. The van der Waals surface area contributed by atoms with E-state index in [4.69, 9.17) is 4.74 Å². The second kappa shape index (κ2) is 8.41. The van der Waals surface area contributed by atoms with Crippen molar-refractivity contribution in [3.05, 3.63) is 81.3 Å². The number of hydrogen-bond donors (Lipinski definition) is 2. The minimum atomic E-state index is -0.942. The van der Waals surface area contributed by atoms with Gasteiger partial charge in [-0.1, -0.05) is 12.1 Å². The van der Waals surface area contributed by atoms with Gasteiger partial charge in [-0.05, 0) is 42.1 Å². The summed E-state index contributed by atoms with van der Waals surface area (Å²) in [7, 11) is 1.56. The Morgan fingerprint density at radius 2 is 1.89 bits per heavy atom. The van der Waals surface area contributed by atoms with Gasteiger partial charge in [-0.25, -0.2) is 8.78 Å². The van der Waals surface area contributed by atoms with Crippen LogP contribution in [0.15, 0.2) is 47.4 Å². The SMILES string of the molecule is COCCN[C@@H](C)c1cc(F)c(C(=O)c2cccc3c(=O)[nH]ccc23)c(F)c1. The van der Waals surface area contributed by atoms with Crippen LogP contribution in [0.1, 0.15) is 34.5 Å². The fourth-order valence-electron chi connectivity index (χ4n) is 3.11. The molecule has 1 heterocycles. The van der Waals surface area contributed by atoms with Gasteiger partial charge in [-0.2, -0.15) is 0 Å². The molecular weight excluding hydrogens is 366 g/mol. The first-order chi connectivity index (χ1) is 13.4. The van der Waals surface area contributed by atoms with E-state index in [0.29, 0.717) is 24.1 Å². The van der Waals surface area contributed by atoms with Crippen molar-refractivity contribution in [3.63, 3.8) is 0 Å². The lowest BCUT2D eigenvalue weighted by Gasteiger charge is -2.16. The third-order valence-electron chi connectivity index (χ3n) is 4.61. The van der Waals surface area contributed by atoms with E-state index in [2.05, 4.69) is 10.3 Å². The molecule has 0 aliphatic carbocycles. The fraction of sp³-hybridized carbons (Fsp3) is 0.238. The van der Waals surface area contributed by atoms with Crippen LogP contribution in [-0.4, -0.2) is 31.0 Å². The van der Waals surface area contributed by atoms with Crippen molar-refractivity contribution in [3.8, 4) is 0 Å². The third-order valence-corrected chi connectivity index (χ3v) is 4.61. The number of ether oxygens (including phenoxy) is 1. The first-order valence-corrected chi connectivity index (χ1v) is 8.80. The van der Waals surface area contributed by atoms with E-state index < -0.39 is 23.0 Å². The van der Waals surface area contributed by atoms with E-state index in [9.17, 15) is 18.4 Å². The average Bonchev–Trinajstić information content (AvgIpc) is 2.67. The van der Waals surface area contributed by atoms with E-state index in [1.54, 1.807) is 20.1 Å². The van der Waals surface area contributed by atoms with Crippen molar-refractivity contribution in [2.45, 2.75) is 13.0 Å². The van der Waals surface area contributed by atoms with Crippen LogP contribution >= 0.6 is 0 Å². The zero-order valence-electron chi connectivity index (χ0n) is 15.5. The molecule has 7 heteroatoms. The lowest BCUT2D eigenvalue weighted by Crippen LogP contribution is -2.23. The maximum Gasteiger partial charge on any atom is 0.255 e. The lowest BCUT2D eigenvalue weighted by atomic mass is 9.95. The highest BCUT2D eigenvalue weighted by atomic mass is 19.1. The van der Waals surface area contributed by atoms with Crippen LogP contribution in [0.4, 0.5) is 8.78 Å². The maximum absolute atomic E-state index is 14.7. The van der Waals surface area contributed by atoms with Crippen molar-refractivity contribution in [1.29, 1.82) is 0 Å². The van der Waals surface area contributed by atoms with Crippen molar-refractivity contribution < 1.29 is 18.3 Å². The van der Waals surface area contributed by atoms with Crippen LogP contribution in [0.25, 0.3) is 10.8 Å². The van der Waals surface area contributed by atoms with Crippen LogP contribution in [0.2, 0.25) is 0 Å². The van der Waals surface area contributed by atoms with Crippen molar-refractivity contribution in [1.82, 2.24) is 10.3 Å². The van der Waals surface area contributed by atoms with Gasteiger partial charge < -0.3 is 15.0 Å². The Labute approximate surface area is 160 Å². The van der Waals surface area contributed by atoms with E-state index in [0.717, 1.165) is 12.1 Å². The standard InChI is InChI=1S/C21H20F2N2O3/c1-12(24-8-9-28-2)13-10-17(22)19(18(23)11-13)20(26)15-4-3-5-16-14(15)6-7-25-21(16)27/h3-7,10-12,24H,8-9H2,1-2H3,(H,25,27)/t12-/m0/s1. The highest BCUT2D eigenvalue weighted by Gasteiger charge is 2.23. The Morgan fingerprint density at radius 1 is 1.18 bits per heavy atom. The van der Waals surface area contributed by atoms with E-state index in [1.807, 2.05) is 0 Å². The van der Waals surface area contributed by atoms with Gasteiger partial charge in [0.2, 0.25) is 0 Å². The van der Waals surface area contributed by atoms with Crippen LogP contribution in [0.5, 0.6) is 0 Å². The summed E-state index contributed by atoms with van der Waals surface area (Å²) in [5.74, 6) is -2.69. The molecule has 146 valence electrons. The monoisotopic (exact) mass is 386 g/mol. The Kier molecular flexibility index (Phi) is 5.96. The number of nitrogens with one attached hydrogen (secondary N) is 2. The van der Waals surface area contributed by atoms with E-state index >= 15 is 0 Å². The Morgan fingerprint density at radius 3 is 2.57 bits per heavy atom. The number of rotatable bonds is 7. The summed E-state index contributed by atoms with van der Waals surface area (Å²) in [5.41, 5.74) is -0.558.